The van der Waals surface area contributed by atoms with E-state index in [9.17, 15) is 13.2 Å². The summed E-state index contributed by atoms with van der Waals surface area (Å²) in [5, 5.41) is 0. The van der Waals surface area contributed by atoms with Gasteiger partial charge in [0.25, 0.3) is 0 Å². The van der Waals surface area contributed by atoms with Gasteiger partial charge in [0.2, 0.25) is 10.0 Å². The molecule has 0 bridgehead atoms. The number of sulfonamides is 1. The fourth-order valence-corrected chi connectivity index (χ4v) is 4.46. The molecule has 0 spiro atoms. The van der Waals surface area contributed by atoms with E-state index in [4.69, 9.17) is 14.2 Å². The monoisotopic (exact) mass is 386 g/mol. The largest absolute Gasteiger partial charge is 0.493 e. The first-order valence-electron chi connectivity index (χ1n) is 8.42. The molecule has 1 saturated heterocycles. The second kappa shape index (κ2) is 8.70. The van der Waals surface area contributed by atoms with Crippen LogP contribution in [0.25, 0.3) is 0 Å². The molecule has 1 fully saturated rings. The Morgan fingerprint density at radius 1 is 1.08 bits per heavy atom. The van der Waals surface area contributed by atoms with Crippen molar-refractivity contribution in [3.8, 4) is 11.5 Å². The summed E-state index contributed by atoms with van der Waals surface area (Å²) in [6.45, 7) is 4.03. The fourth-order valence-electron chi connectivity index (χ4n) is 2.82. The molecule has 0 saturated carbocycles. The number of rotatable bonds is 7. The Balaban J connectivity index is 2.48. The third kappa shape index (κ3) is 4.46. The van der Waals surface area contributed by atoms with Gasteiger partial charge in [-0.15, -0.1) is 0 Å². The summed E-state index contributed by atoms with van der Waals surface area (Å²) in [6.07, 6.45) is -0.156. The number of likely N-dealkylation sites (N-methyl/N-ethyl adjacent to an activating group) is 1. The first kappa shape index (κ1) is 20.5. The molecular weight excluding hydrogens is 360 g/mol. The lowest BCUT2D eigenvalue weighted by molar-refractivity contribution is -0.142. The predicted molar refractivity (Wildman–Crippen MR) is 96.1 cm³/mol. The number of benzene rings is 1. The van der Waals surface area contributed by atoms with Gasteiger partial charge in [-0.2, -0.15) is 4.31 Å². The maximum atomic E-state index is 13.2. The van der Waals surface area contributed by atoms with Gasteiger partial charge in [-0.1, -0.05) is 0 Å². The van der Waals surface area contributed by atoms with Crippen LogP contribution in [0, 0.1) is 0 Å². The summed E-state index contributed by atoms with van der Waals surface area (Å²) in [7, 11) is 1.08. The number of hydrogen-bond donors (Lipinski definition) is 0. The van der Waals surface area contributed by atoms with Crippen LogP contribution in [-0.4, -0.2) is 77.6 Å². The maximum Gasteiger partial charge on any atom is 0.310 e. The van der Waals surface area contributed by atoms with Gasteiger partial charge in [-0.25, -0.2) is 8.42 Å². The van der Waals surface area contributed by atoms with Crippen LogP contribution in [-0.2, 0) is 26.0 Å². The molecule has 2 rings (SSSR count). The molecular formula is C17H26N2O6S. The average Bonchev–Trinajstić information content (AvgIpc) is 2.61. The van der Waals surface area contributed by atoms with Crippen molar-refractivity contribution in [1.82, 2.24) is 9.21 Å². The van der Waals surface area contributed by atoms with Gasteiger partial charge in [0.15, 0.2) is 11.5 Å². The van der Waals surface area contributed by atoms with Crippen molar-refractivity contribution >= 4 is 16.0 Å². The Labute approximate surface area is 154 Å². The molecule has 0 aliphatic carbocycles. The molecule has 1 aromatic carbocycles. The molecule has 0 amide bonds. The SMILES string of the molecule is CCOC(=O)Cc1cc(OC)c(OC)cc1S(=O)(=O)N1CCN(C)CC1. The number of piperazine rings is 1. The lowest BCUT2D eigenvalue weighted by atomic mass is 10.1. The van der Waals surface area contributed by atoms with Gasteiger partial charge in [0.05, 0.1) is 32.1 Å². The minimum atomic E-state index is -3.77. The normalized spacial score (nSPS) is 16.3. The lowest BCUT2D eigenvalue weighted by Gasteiger charge is -2.32. The molecule has 1 aliphatic rings. The first-order chi connectivity index (χ1) is 12.3. The van der Waals surface area contributed by atoms with Crippen LogP contribution in [0.15, 0.2) is 17.0 Å². The van der Waals surface area contributed by atoms with Crippen molar-refractivity contribution < 1.29 is 27.4 Å². The second-order valence-electron chi connectivity index (χ2n) is 6.00. The van der Waals surface area contributed by atoms with Crippen molar-refractivity contribution in [2.24, 2.45) is 0 Å². The van der Waals surface area contributed by atoms with Gasteiger partial charge >= 0.3 is 5.97 Å². The van der Waals surface area contributed by atoms with Crippen molar-refractivity contribution in [2.45, 2.75) is 18.2 Å². The van der Waals surface area contributed by atoms with E-state index in [2.05, 4.69) is 4.90 Å². The Kier molecular flexibility index (Phi) is 6.85. The van der Waals surface area contributed by atoms with Crippen LogP contribution in [0.1, 0.15) is 12.5 Å². The summed E-state index contributed by atoms with van der Waals surface area (Å²) >= 11 is 0. The second-order valence-corrected chi connectivity index (χ2v) is 7.91. The summed E-state index contributed by atoms with van der Waals surface area (Å²) in [6, 6.07) is 2.94. The highest BCUT2D eigenvalue weighted by molar-refractivity contribution is 7.89. The average molecular weight is 386 g/mol. The van der Waals surface area contributed by atoms with Gasteiger partial charge in [-0.05, 0) is 25.6 Å². The van der Waals surface area contributed by atoms with Gasteiger partial charge < -0.3 is 19.1 Å². The zero-order valence-electron chi connectivity index (χ0n) is 15.6. The fraction of sp³-hybridized carbons (Fsp3) is 0.588. The molecule has 0 radical (unpaired) electrons. The Morgan fingerprint density at radius 2 is 1.65 bits per heavy atom. The minimum Gasteiger partial charge on any atom is -0.493 e. The topological polar surface area (TPSA) is 85.4 Å². The summed E-state index contributed by atoms with van der Waals surface area (Å²) in [4.78, 5) is 14.1. The predicted octanol–water partition coefficient (Wildman–Crippen LogP) is 0.746. The zero-order chi connectivity index (χ0) is 19.3. The van der Waals surface area contributed by atoms with E-state index in [1.165, 1.54) is 30.7 Å². The third-order valence-electron chi connectivity index (χ3n) is 4.29. The number of carbonyl (C=O) groups excluding carboxylic acids is 1. The number of nitrogens with zero attached hydrogens (tertiary/aromatic N) is 2. The Hall–Kier alpha value is -1.84. The quantitative estimate of drug-likeness (QED) is 0.639. The van der Waals surface area contributed by atoms with E-state index in [-0.39, 0.29) is 17.9 Å². The molecule has 0 aromatic heterocycles. The maximum absolute atomic E-state index is 13.2. The van der Waals surface area contributed by atoms with Crippen LogP contribution in [0.3, 0.4) is 0 Å². The van der Waals surface area contributed by atoms with Crippen LogP contribution in [0.4, 0.5) is 0 Å². The van der Waals surface area contributed by atoms with E-state index in [1.54, 1.807) is 6.92 Å². The van der Waals surface area contributed by atoms with Crippen LogP contribution in [0.5, 0.6) is 11.5 Å². The molecule has 1 heterocycles. The molecule has 9 heteroatoms. The zero-order valence-corrected chi connectivity index (χ0v) is 16.5. The standard InChI is InChI=1S/C17H26N2O6S/c1-5-25-17(20)11-13-10-14(23-3)15(24-4)12-16(13)26(21,22)19-8-6-18(2)7-9-19/h10,12H,5-9,11H2,1-4H3. The summed E-state index contributed by atoms with van der Waals surface area (Å²) in [5.74, 6) is 0.173. The first-order valence-corrected chi connectivity index (χ1v) is 9.86. The number of hydrogen-bond acceptors (Lipinski definition) is 7. The molecule has 8 nitrogen and oxygen atoms in total. The number of esters is 1. The lowest BCUT2D eigenvalue weighted by Crippen LogP contribution is -2.47. The van der Waals surface area contributed by atoms with Crippen molar-refractivity contribution in [3.05, 3.63) is 17.7 Å². The third-order valence-corrected chi connectivity index (χ3v) is 6.27. The highest BCUT2D eigenvalue weighted by atomic mass is 32.2. The highest BCUT2D eigenvalue weighted by Crippen LogP contribution is 2.34. The van der Waals surface area contributed by atoms with Crippen LogP contribution < -0.4 is 9.47 Å². The smallest absolute Gasteiger partial charge is 0.310 e. The van der Waals surface area contributed by atoms with E-state index in [0.717, 1.165) is 0 Å². The van der Waals surface area contributed by atoms with Crippen LogP contribution in [0.2, 0.25) is 0 Å². The molecule has 26 heavy (non-hydrogen) atoms. The molecule has 146 valence electrons. The number of carbonyl (C=O) groups is 1. The van der Waals surface area contributed by atoms with Crippen molar-refractivity contribution in [1.29, 1.82) is 0 Å². The van der Waals surface area contributed by atoms with Crippen LogP contribution >= 0.6 is 0 Å². The Morgan fingerprint density at radius 3 is 2.19 bits per heavy atom. The number of methoxy groups -OCH3 is 2. The molecule has 0 N–H and O–H groups in total. The molecule has 1 aliphatic heterocycles. The van der Waals surface area contributed by atoms with E-state index in [1.807, 2.05) is 7.05 Å². The van der Waals surface area contributed by atoms with Crippen molar-refractivity contribution in [3.63, 3.8) is 0 Å². The Bertz CT molecular complexity index is 742. The van der Waals surface area contributed by atoms with E-state index < -0.39 is 16.0 Å². The summed E-state index contributed by atoms with van der Waals surface area (Å²) in [5.41, 5.74) is 0.333. The van der Waals surface area contributed by atoms with Crippen molar-refractivity contribution in [2.75, 3.05) is 54.1 Å². The van der Waals surface area contributed by atoms with E-state index >= 15 is 0 Å². The summed E-state index contributed by atoms with van der Waals surface area (Å²) < 4.78 is 43.3. The number of ether oxygens (including phenoxy) is 3. The highest BCUT2D eigenvalue weighted by Gasteiger charge is 2.31. The van der Waals surface area contributed by atoms with Gasteiger partial charge in [0, 0.05) is 32.2 Å². The van der Waals surface area contributed by atoms with Gasteiger partial charge in [-0.3, -0.25) is 4.79 Å². The van der Waals surface area contributed by atoms with E-state index in [0.29, 0.717) is 43.2 Å². The molecule has 0 unspecified atom stereocenters. The molecule has 0 atom stereocenters. The van der Waals surface area contributed by atoms with Gasteiger partial charge in [0.1, 0.15) is 0 Å². The molecule has 1 aromatic rings. The minimum absolute atomic E-state index is 0.0488.